The predicted molar refractivity (Wildman–Crippen MR) is 73.5 cm³/mol. The van der Waals surface area contributed by atoms with Gasteiger partial charge in [-0.05, 0) is 25.0 Å². The Morgan fingerprint density at radius 3 is 2.80 bits per heavy atom. The predicted octanol–water partition coefficient (Wildman–Crippen LogP) is 2.48. The van der Waals surface area contributed by atoms with Crippen molar-refractivity contribution in [1.82, 2.24) is 5.32 Å². The lowest BCUT2D eigenvalue weighted by Gasteiger charge is -2.28. The molecule has 0 unspecified atom stereocenters. The van der Waals surface area contributed by atoms with E-state index in [1.165, 1.54) is 6.07 Å². The van der Waals surface area contributed by atoms with E-state index in [4.69, 9.17) is 0 Å². The van der Waals surface area contributed by atoms with Gasteiger partial charge in [0.15, 0.2) is 0 Å². The van der Waals surface area contributed by atoms with Crippen LogP contribution in [0.1, 0.15) is 25.7 Å². The van der Waals surface area contributed by atoms with Crippen molar-refractivity contribution in [3.63, 3.8) is 0 Å². The van der Waals surface area contributed by atoms with Crippen molar-refractivity contribution in [2.24, 2.45) is 0 Å². The smallest absolute Gasteiger partial charge is 0.230 e. The lowest BCUT2D eigenvalue weighted by molar-refractivity contribution is -0.120. The van der Waals surface area contributed by atoms with Crippen LogP contribution in [0.3, 0.4) is 0 Å². The number of aliphatic hydroxyl groups is 1. The summed E-state index contributed by atoms with van der Waals surface area (Å²) in [5, 5.41) is 12.5. The number of hydrogen-bond acceptors (Lipinski definition) is 3. The fourth-order valence-corrected chi connectivity index (χ4v) is 2.99. The highest BCUT2D eigenvalue weighted by molar-refractivity contribution is 8.00. The molecule has 1 aromatic rings. The number of amides is 1. The molecule has 2 atom stereocenters. The van der Waals surface area contributed by atoms with Gasteiger partial charge in [-0.25, -0.2) is 8.78 Å². The molecule has 0 spiro atoms. The summed E-state index contributed by atoms with van der Waals surface area (Å²) < 4.78 is 26.1. The lowest BCUT2D eigenvalue weighted by atomic mass is 9.93. The molecule has 3 nitrogen and oxygen atoms in total. The van der Waals surface area contributed by atoms with E-state index in [2.05, 4.69) is 5.32 Å². The molecule has 6 heteroatoms. The van der Waals surface area contributed by atoms with Gasteiger partial charge in [0.25, 0.3) is 0 Å². The second-order valence-electron chi connectivity index (χ2n) is 4.89. The summed E-state index contributed by atoms with van der Waals surface area (Å²) in [4.78, 5) is 12.0. The first-order chi connectivity index (χ1) is 9.56. The van der Waals surface area contributed by atoms with E-state index in [1.807, 2.05) is 0 Å². The molecular formula is C14H17F2NO2S. The molecule has 0 heterocycles. The maximum atomic E-state index is 13.4. The molecule has 0 aliphatic heterocycles. The second kappa shape index (κ2) is 7.04. The molecule has 1 saturated carbocycles. The number of nitrogens with one attached hydrogen (secondary N) is 1. The van der Waals surface area contributed by atoms with E-state index < -0.39 is 17.7 Å². The summed E-state index contributed by atoms with van der Waals surface area (Å²) in [6.45, 7) is 0. The number of thioether (sulfide) groups is 1. The topological polar surface area (TPSA) is 49.3 Å². The standard InChI is InChI=1S/C14H17F2NO2S/c15-9-5-6-13(10(16)7-9)20-8-14(19)17-11-3-1-2-4-12(11)18/h5-7,11-12,18H,1-4,8H2,(H,17,19)/t11-,12-/m1/s1. The Balaban J connectivity index is 1.82. The van der Waals surface area contributed by atoms with Gasteiger partial charge in [0.05, 0.1) is 17.9 Å². The third-order valence-electron chi connectivity index (χ3n) is 3.33. The van der Waals surface area contributed by atoms with Crippen LogP contribution < -0.4 is 5.32 Å². The molecule has 0 radical (unpaired) electrons. The van der Waals surface area contributed by atoms with Crippen molar-refractivity contribution in [2.45, 2.75) is 42.7 Å². The number of hydrogen-bond donors (Lipinski definition) is 2. The maximum Gasteiger partial charge on any atom is 0.230 e. The third-order valence-corrected chi connectivity index (χ3v) is 4.38. The molecular weight excluding hydrogens is 284 g/mol. The molecule has 0 bridgehead atoms. The summed E-state index contributed by atoms with van der Waals surface area (Å²) in [6, 6.07) is 3.06. The molecule has 1 aliphatic carbocycles. The molecule has 1 aromatic carbocycles. The zero-order chi connectivity index (χ0) is 14.5. The average Bonchev–Trinajstić information content (AvgIpc) is 2.40. The quantitative estimate of drug-likeness (QED) is 0.840. The number of carbonyl (C=O) groups excluding carboxylic acids is 1. The van der Waals surface area contributed by atoms with Crippen LogP contribution in [0.2, 0.25) is 0 Å². The first-order valence-corrected chi connectivity index (χ1v) is 7.60. The van der Waals surface area contributed by atoms with Crippen LogP contribution in [0.25, 0.3) is 0 Å². The van der Waals surface area contributed by atoms with E-state index in [9.17, 15) is 18.7 Å². The fraction of sp³-hybridized carbons (Fsp3) is 0.500. The lowest BCUT2D eigenvalue weighted by Crippen LogP contribution is -2.45. The second-order valence-corrected chi connectivity index (χ2v) is 5.91. The molecule has 20 heavy (non-hydrogen) atoms. The van der Waals surface area contributed by atoms with Crippen molar-refractivity contribution >= 4 is 17.7 Å². The number of carbonyl (C=O) groups is 1. The van der Waals surface area contributed by atoms with E-state index in [0.29, 0.717) is 6.42 Å². The molecule has 0 saturated heterocycles. The van der Waals surface area contributed by atoms with Gasteiger partial charge in [-0.3, -0.25) is 4.79 Å². The normalized spacial score (nSPS) is 22.6. The van der Waals surface area contributed by atoms with Crippen molar-refractivity contribution in [3.8, 4) is 0 Å². The summed E-state index contributed by atoms with van der Waals surface area (Å²) in [7, 11) is 0. The van der Waals surface area contributed by atoms with E-state index >= 15 is 0 Å². The first-order valence-electron chi connectivity index (χ1n) is 6.61. The molecule has 1 amide bonds. The Kier molecular flexibility index (Phi) is 5.37. The van der Waals surface area contributed by atoms with Gasteiger partial charge in [-0.2, -0.15) is 0 Å². The zero-order valence-electron chi connectivity index (χ0n) is 10.9. The van der Waals surface area contributed by atoms with Gasteiger partial charge in [0.1, 0.15) is 11.6 Å². The van der Waals surface area contributed by atoms with Gasteiger partial charge < -0.3 is 10.4 Å². The van der Waals surface area contributed by atoms with E-state index in [-0.39, 0.29) is 22.6 Å². The Morgan fingerprint density at radius 2 is 2.10 bits per heavy atom. The van der Waals surface area contributed by atoms with Crippen molar-refractivity contribution < 1.29 is 18.7 Å². The molecule has 1 aliphatic rings. The monoisotopic (exact) mass is 301 g/mol. The number of aliphatic hydroxyl groups excluding tert-OH is 1. The minimum absolute atomic E-state index is 0.0474. The summed E-state index contributed by atoms with van der Waals surface area (Å²) >= 11 is 1.02. The first kappa shape index (κ1) is 15.3. The number of halogens is 2. The molecule has 2 rings (SSSR count). The Hall–Kier alpha value is -1.14. The van der Waals surface area contributed by atoms with Crippen molar-refractivity contribution in [1.29, 1.82) is 0 Å². The Morgan fingerprint density at radius 1 is 1.35 bits per heavy atom. The highest BCUT2D eigenvalue weighted by atomic mass is 32.2. The summed E-state index contributed by atoms with van der Waals surface area (Å²) in [5.74, 6) is -1.50. The third kappa shape index (κ3) is 4.18. The zero-order valence-corrected chi connectivity index (χ0v) is 11.8. The molecule has 0 aromatic heterocycles. The van der Waals surface area contributed by atoms with E-state index in [1.54, 1.807) is 0 Å². The summed E-state index contributed by atoms with van der Waals surface area (Å²) in [5.41, 5.74) is 0. The van der Waals surface area contributed by atoms with Crippen LogP contribution >= 0.6 is 11.8 Å². The number of benzene rings is 1. The van der Waals surface area contributed by atoms with Crippen molar-refractivity contribution in [3.05, 3.63) is 29.8 Å². The molecule has 1 fully saturated rings. The van der Waals surface area contributed by atoms with E-state index in [0.717, 1.165) is 43.2 Å². The van der Waals surface area contributed by atoms with Crippen LogP contribution in [0, 0.1) is 11.6 Å². The largest absolute Gasteiger partial charge is 0.391 e. The van der Waals surface area contributed by atoms with Gasteiger partial charge in [-0.1, -0.05) is 12.8 Å². The van der Waals surface area contributed by atoms with Gasteiger partial charge in [-0.15, -0.1) is 11.8 Å². The van der Waals surface area contributed by atoms with Gasteiger partial charge in [0, 0.05) is 11.0 Å². The minimum Gasteiger partial charge on any atom is -0.391 e. The van der Waals surface area contributed by atoms with Crippen molar-refractivity contribution in [2.75, 3.05) is 5.75 Å². The highest BCUT2D eigenvalue weighted by Crippen LogP contribution is 2.23. The molecule has 110 valence electrons. The number of rotatable bonds is 4. The van der Waals surface area contributed by atoms with Crippen LogP contribution in [0.4, 0.5) is 8.78 Å². The van der Waals surface area contributed by atoms with Gasteiger partial charge >= 0.3 is 0 Å². The van der Waals surface area contributed by atoms with Crippen LogP contribution in [-0.4, -0.2) is 28.9 Å². The van der Waals surface area contributed by atoms with Crippen LogP contribution in [0.5, 0.6) is 0 Å². The van der Waals surface area contributed by atoms with Crippen LogP contribution in [-0.2, 0) is 4.79 Å². The minimum atomic E-state index is -0.666. The Labute approximate surface area is 120 Å². The fourth-order valence-electron chi connectivity index (χ4n) is 2.26. The Bertz CT molecular complexity index is 484. The maximum absolute atomic E-state index is 13.4. The highest BCUT2D eigenvalue weighted by Gasteiger charge is 2.24. The van der Waals surface area contributed by atoms with Gasteiger partial charge in [0.2, 0.25) is 5.91 Å². The average molecular weight is 301 g/mol. The SMILES string of the molecule is O=C(CSc1ccc(F)cc1F)N[C@@H]1CCCC[C@H]1O. The van der Waals surface area contributed by atoms with Crippen LogP contribution in [0.15, 0.2) is 23.1 Å². The molecule has 2 N–H and O–H groups in total. The summed E-state index contributed by atoms with van der Waals surface area (Å²) in [6.07, 6.45) is 2.93.